The highest BCUT2D eigenvalue weighted by Gasteiger charge is 1.94. The Morgan fingerprint density at radius 1 is 1.88 bits per heavy atom. The molecule has 1 N–H and O–H groups in total. The van der Waals surface area contributed by atoms with Crippen LogP contribution in [0.15, 0.2) is 0 Å². The first-order chi connectivity index (χ1) is 3.66. The first kappa shape index (κ1) is 8.24. The van der Waals surface area contributed by atoms with Gasteiger partial charge in [-0.3, -0.25) is 0 Å². The van der Waals surface area contributed by atoms with E-state index in [1.807, 2.05) is 0 Å². The molecule has 0 heterocycles. The van der Waals surface area contributed by atoms with Crippen molar-refractivity contribution in [1.82, 2.24) is 5.32 Å². The first-order valence-corrected chi connectivity index (χ1v) is 3.51. The third-order valence-electron chi connectivity index (χ3n) is 0.982. The minimum absolute atomic E-state index is 0.458. The molecule has 0 aliphatic carbocycles. The Balaban J connectivity index is 3.24. The van der Waals surface area contributed by atoms with Crippen molar-refractivity contribution in [3.8, 4) is 0 Å². The fraction of sp³-hybridized carbons (Fsp3) is 0.800. The van der Waals surface area contributed by atoms with Gasteiger partial charge < -0.3 is 5.32 Å². The van der Waals surface area contributed by atoms with E-state index in [0.717, 1.165) is 6.42 Å². The minimum Gasteiger partial charge on any atom is -0.369 e. The monoisotopic (exact) mass is 149 g/mol. The molecule has 0 spiro atoms. The molecule has 0 rings (SSSR count). The summed E-state index contributed by atoms with van der Waals surface area (Å²) in [6, 6.07) is 0.458. The quantitative estimate of drug-likeness (QED) is 0.457. The molecule has 0 saturated heterocycles. The van der Waals surface area contributed by atoms with E-state index in [0.29, 0.717) is 10.4 Å². The second-order valence-corrected chi connectivity index (χ2v) is 2.92. The second-order valence-electron chi connectivity index (χ2n) is 1.76. The van der Waals surface area contributed by atoms with E-state index in [4.69, 9.17) is 12.2 Å². The van der Waals surface area contributed by atoms with Crippen molar-refractivity contribution in [3.63, 3.8) is 0 Å². The number of hydrogen-bond donors (Lipinski definition) is 2. The fourth-order valence-corrected chi connectivity index (χ4v) is 0.734. The molecule has 1 unspecified atom stereocenters. The molecule has 0 aliphatic rings. The lowest BCUT2D eigenvalue weighted by molar-refractivity contribution is 0.651. The summed E-state index contributed by atoms with van der Waals surface area (Å²) in [7, 11) is 0. The van der Waals surface area contributed by atoms with Gasteiger partial charge in [-0.1, -0.05) is 19.1 Å². The summed E-state index contributed by atoms with van der Waals surface area (Å²) in [5, 5.41) is 2.99. The smallest absolute Gasteiger partial charge is 0.130 e. The van der Waals surface area contributed by atoms with Gasteiger partial charge in [0.05, 0.1) is 0 Å². The van der Waals surface area contributed by atoms with Crippen LogP contribution in [-0.4, -0.2) is 10.4 Å². The zero-order chi connectivity index (χ0) is 6.57. The van der Waals surface area contributed by atoms with Crippen molar-refractivity contribution >= 4 is 29.2 Å². The summed E-state index contributed by atoms with van der Waals surface area (Å²) in [6.45, 7) is 4.17. The highest BCUT2D eigenvalue weighted by molar-refractivity contribution is 8.11. The van der Waals surface area contributed by atoms with Crippen LogP contribution < -0.4 is 5.32 Å². The zero-order valence-electron chi connectivity index (χ0n) is 5.14. The Labute approximate surface area is 61.3 Å². The lowest BCUT2D eigenvalue weighted by Gasteiger charge is -2.08. The van der Waals surface area contributed by atoms with Crippen LogP contribution >= 0.6 is 24.8 Å². The van der Waals surface area contributed by atoms with Gasteiger partial charge in [0.1, 0.15) is 4.32 Å². The summed E-state index contributed by atoms with van der Waals surface area (Å²) in [5.74, 6) is 0. The number of thiol groups is 1. The molecule has 0 aliphatic heterocycles. The lowest BCUT2D eigenvalue weighted by Crippen LogP contribution is -2.26. The molecule has 8 heavy (non-hydrogen) atoms. The van der Waals surface area contributed by atoms with Crippen LogP contribution in [-0.2, 0) is 0 Å². The van der Waals surface area contributed by atoms with E-state index >= 15 is 0 Å². The molecule has 0 fully saturated rings. The van der Waals surface area contributed by atoms with Crippen LogP contribution in [0.1, 0.15) is 20.3 Å². The van der Waals surface area contributed by atoms with E-state index in [9.17, 15) is 0 Å². The van der Waals surface area contributed by atoms with Gasteiger partial charge in [-0.2, -0.15) is 0 Å². The van der Waals surface area contributed by atoms with Crippen LogP contribution in [0.5, 0.6) is 0 Å². The van der Waals surface area contributed by atoms with E-state index in [1.54, 1.807) is 0 Å². The molecule has 1 atom stereocenters. The maximum absolute atomic E-state index is 4.69. The van der Waals surface area contributed by atoms with Crippen LogP contribution in [0.2, 0.25) is 0 Å². The van der Waals surface area contributed by atoms with E-state index in [2.05, 4.69) is 31.8 Å². The van der Waals surface area contributed by atoms with Gasteiger partial charge in [0.25, 0.3) is 0 Å². The Kier molecular flexibility index (Phi) is 4.28. The third-order valence-corrected chi connectivity index (χ3v) is 1.23. The van der Waals surface area contributed by atoms with Crippen molar-refractivity contribution < 1.29 is 0 Å². The molecule has 0 aromatic rings. The maximum Gasteiger partial charge on any atom is 0.130 e. The predicted molar refractivity (Wildman–Crippen MR) is 44.5 cm³/mol. The molecule has 0 aromatic heterocycles. The van der Waals surface area contributed by atoms with Crippen LogP contribution in [0, 0.1) is 0 Å². The molecule has 0 amide bonds. The maximum atomic E-state index is 4.69. The molecule has 3 heteroatoms. The number of hydrogen-bond acceptors (Lipinski definition) is 1. The van der Waals surface area contributed by atoms with E-state index in [1.165, 1.54) is 0 Å². The Morgan fingerprint density at radius 2 is 2.38 bits per heavy atom. The van der Waals surface area contributed by atoms with Gasteiger partial charge in [0, 0.05) is 6.04 Å². The van der Waals surface area contributed by atoms with E-state index < -0.39 is 0 Å². The van der Waals surface area contributed by atoms with Crippen LogP contribution in [0.4, 0.5) is 0 Å². The largest absolute Gasteiger partial charge is 0.369 e. The summed E-state index contributed by atoms with van der Waals surface area (Å²) < 4.78 is 0.583. The molecular weight excluding hydrogens is 138 g/mol. The average molecular weight is 149 g/mol. The van der Waals surface area contributed by atoms with Crippen molar-refractivity contribution in [2.75, 3.05) is 0 Å². The van der Waals surface area contributed by atoms with Gasteiger partial charge in [0.15, 0.2) is 0 Å². The van der Waals surface area contributed by atoms with E-state index in [-0.39, 0.29) is 0 Å². The summed E-state index contributed by atoms with van der Waals surface area (Å²) in [6.07, 6.45) is 1.08. The van der Waals surface area contributed by atoms with Gasteiger partial charge in [-0.05, 0) is 13.3 Å². The number of nitrogens with one attached hydrogen (secondary N) is 1. The highest BCUT2D eigenvalue weighted by Crippen LogP contribution is 1.89. The first-order valence-electron chi connectivity index (χ1n) is 2.66. The topological polar surface area (TPSA) is 12.0 Å². The van der Waals surface area contributed by atoms with Gasteiger partial charge >= 0.3 is 0 Å². The summed E-state index contributed by atoms with van der Waals surface area (Å²) in [4.78, 5) is 0. The minimum atomic E-state index is 0.458. The fourth-order valence-electron chi connectivity index (χ4n) is 0.313. The lowest BCUT2D eigenvalue weighted by atomic mass is 10.3. The molecule has 0 bridgehead atoms. The molecule has 0 radical (unpaired) electrons. The molecule has 1 nitrogen and oxygen atoms in total. The number of rotatable bonds is 2. The predicted octanol–water partition coefficient (Wildman–Crippen LogP) is 1.59. The average Bonchev–Trinajstić information content (AvgIpc) is 1.65. The standard InChI is InChI=1S/C5H11NS2/c1-3-4(2)6-5(7)8/h4H,3H2,1-2H3,(H2,6,7,8). The molecule has 48 valence electrons. The highest BCUT2D eigenvalue weighted by atomic mass is 32.1. The Hall–Kier alpha value is 0.240. The SMILES string of the molecule is CCC(C)NC(=S)S. The van der Waals surface area contributed by atoms with Crippen molar-refractivity contribution in [2.24, 2.45) is 0 Å². The third kappa shape index (κ3) is 4.40. The van der Waals surface area contributed by atoms with Crippen LogP contribution in [0.25, 0.3) is 0 Å². The Bertz CT molecular complexity index is 82.5. The zero-order valence-corrected chi connectivity index (χ0v) is 6.85. The molecule has 0 aromatic carbocycles. The van der Waals surface area contributed by atoms with Crippen molar-refractivity contribution in [3.05, 3.63) is 0 Å². The second kappa shape index (κ2) is 4.15. The van der Waals surface area contributed by atoms with Crippen molar-refractivity contribution in [2.45, 2.75) is 26.3 Å². The Morgan fingerprint density at radius 3 is 2.50 bits per heavy atom. The molecule has 0 saturated carbocycles. The van der Waals surface area contributed by atoms with Gasteiger partial charge in [-0.15, -0.1) is 12.6 Å². The van der Waals surface area contributed by atoms with Crippen LogP contribution in [0.3, 0.4) is 0 Å². The molecular formula is C5H11NS2. The summed E-state index contributed by atoms with van der Waals surface area (Å²) in [5.41, 5.74) is 0. The summed E-state index contributed by atoms with van der Waals surface area (Å²) >= 11 is 8.60. The number of thiocarbonyl (C=S) groups is 1. The van der Waals surface area contributed by atoms with Crippen molar-refractivity contribution in [1.29, 1.82) is 0 Å². The normalized spacial score (nSPS) is 12.9. The van der Waals surface area contributed by atoms with Gasteiger partial charge in [-0.25, -0.2) is 0 Å². The van der Waals surface area contributed by atoms with Gasteiger partial charge in [0.2, 0.25) is 0 Å².